The molecule has 4 rings (SSSR count). The van der Waals surface area contributed by atoms with Crippen molar-refractivity contribution in [1.29, 1.82) is 0 Å². The highest BCUT2D eigenvalue weighted by Crippen LogP contribution is 2.40. The summed E-state index contributed by atoms with van der Waals surface area (Å²) < 4.78 is 17.1. The molecule has 106 valence electrons. The minimum Gasteiger partial charge on any atom is -0.440 e. The third-order valence-electron chi connectivity index (χ3n) is 4.09. The lowest BCUT2D eigenvalue weighted by atomic mass is 10.1. The average Bonchev–Trinajstić information content (AvgIpc) is 3.21. The van der Waals surface area contributed by atoms with Gasteiger partial charge in [-0.3, -0.25) is 4.21 Å². The molecule has 1 aromatic heterocycles. The predicted octanol–water partition coefficient (Wildman–Crippen LogP) is 3.03. The van der Waals surface area contributed by atoms with Crippen molar-refractivity contribution in [2.45, 2.75) is 37.6 Å². The lowest BCUT2D eigenvalue weighted by Crippen LogP contribution is -2.29. The molecular weight excluding hydrogens is 272 g/mol. The largest absolute Gasteiger partial charge is 0.440 e. The Bertz CT molecular complexity index is 653. The zero-order valence-corrected chi connectivity index (χ0v) is 12.1. The van der Waals surface area contributed by atoms with Gasteiger partial charge in [0.2, 0.25) is 0 Å². The van der Waals surface area contributed by atoms with Crippen molar-refractivity contribution in [1.82, 2.24) is 4.98 Å². The van der Waals surface area contributed by atoms with Crippen LogP contribution in [-0.4, -0.2) is 26.7 Å². The van der Waals surface area contributed by atoms with Gasteiger partial charge in [0, 0.05) is 40.0 Å². The van der Waals surface area contributed by atoms with E-state index >= 15 is 0 Å². The van der Waals surface area contributed by atoms with Crippen LogP contribution in [-0.2, 0) is 10.8 Å². The summed E-state index contributed by atoms with van der Waals surface area (Å²) in [6.45, 7) is 0. The summed E-state index contributed by atoms with van der Waals surface area (Å²) in [6.07, 6.45) is 4.38. The first-order valence-electron chi connectivity index (χ1n) is 7.30. The summed E-state index contributed by atoms with van der Waals surface area (Å²) in [6, 6.07) is 6.55. The van der Waals surface area contributed by atoms with Crippen LogP contribution >= 0.6 is 0 Å². The standard InChI is InChI=1S/C15H18N2O2S/c18-20-7-5-11(6-8-20)16-12-3-4-14-13(9-12)17-15(19-14)10-1-2-10/h3-4,9-11,16H,1-2,5-8H2. The molecule has 2 fully saturated rings. The molecule has 0 unspecified atom stereocenters. The van der Waals surface area contributed by atoms with Crippen LogP contribution in [0.15, 0.2) is 22.6 Å². The fraction of sp³-hybridized carbons (Fsp3) is 0.533. The van der Waals surface area contributed by atoms with Crippen LogP contribution in [0.5, 0.6) is 0 Å². The summed E-state index contributed by atoms with van der Waals surface area (Å²) in [7, 11) is -0.604. The first-order valence-corrected chi connectivity index (χ1v) is 8.79. The van der Waals surface area contributed by atoms with Gasteiger partial charge in [-0.15, -0.1) is 0 Å². The molecule has 1 saturated carbocycles. The molecule has 1 aromatic carbocycles. The van der Waals surface area contributed by atoms with Gasteiger partial charge in [0.25, 0.3) is 0 Å². The molecule has 0 atom stereocenters. The van der Waals surface area contributed by atoms with Crippen molar-refractivity contribution in [3.63, 3.8) is 0 Å². The van der Waals surface area contributed by atoms with Crippen molar-refractivity contribution in [3.8, 4) is 0 Å². The van der Waals surface area contributed by atoms with Crippen LogP contribution < -0.4 is 5.32 Å². The third kappa shape index (κ3) is 2.46. The fourth-order valence-electron chi connectivity index (χ4n) is 2.71. The number of rotatable bonds is 3. The lowest BCUT2D eigenvalue weighted by molar-refractivity contribution is 0.533. The Morgan fingerprint density at radius 3 is 2.75 bits per heavy atom. The number of benzene rings is 1. The van der Waals surface area contributed by atoms with Gasteiger partial charge in [0.1, 0.15) is 5.52 Å². The Morgan fingerprint density at radius 1 is 1.20 bits per heavy atom. The Morgan fingerprint density at radius 2 is 2.00 bits per heavy atom. The van der Waals surface area contributed by atoms with Gasteiger partial charge in [-0.1, -0.05) is 0 Å². The van der Waals surface area contributed by atoms with E-state index in [1.54, 1.807) is 0 Å². The highest BCUT2D eigenvalue weighted by molar-refractivity contribution is 7.85. The summed E-state index contributed by atoms with van der Waals surface area (Å²) in [5, 5.41) is 3.53. The molecule has 0 spiro atoms. The number of aromatic nitrogens is 1. The van der Waals surface area contributed by atoms with Crippen molar-refractivity contribution >= 4 is 27.6 Å². The maximum absolute atomic E-state index is 11.4. The van der Waals surface area contributed by atoms with Crippen LogP contribution in [0.4, 0.5) is 5.69 Å². The zero-order chi connectivity index (χ0) is 13.5. The van der Waals surface area contributed by atoms with Crippen molar-refractivity contribution in [3.05, 3.63) is 24.1 Å². The Hall–Kier alpha value is -1.36. The van der Waals surface area contributed by atoms with Gasteiger partial charge < -0.3 is 9.73 Å². The van der Waals surface area contributed by atoms with E-state index in [-0.39, 0.29) is 0 Å². The van der Waals surface area contributed by atoms with Gasteiger partial charge in [0.05, 0.1) is 0 Å². The number of hydrogen-bond donors (Lipinski definition) is 1. The molecule has 4 nitrogen and oxygen atoms in total. The minimum absolute atomic E-state index is 0.431. The minimum atomic E-state index is -0.604. The van der Waals surface area contributed by atoms with Crippen molar-refractivity contribution in [2.24, 2.45) is 0 Å². The SMILES string of the molecule is O=S1CCC(Nc2ccc3oc(C4CC4)nc3c2)CC1. The van der Waals surface area contributed by atoms with E-state index in [1.807, 2.05) is 6.07 Å². The van der Waals surface area contributed by atoms with Gasteiger partial charge in [-0.2, -0.15) is 0 Å². The predicted molar refractivity (Wildman–Crippen MR) is 80.5 cm³/mol. The van der Waals surface area contributed by atoms with Crippen LogP contribution in [0.3, 0.4) is 0 Å². The van der Waals surface area contributed by atoms with Gasteiger partial charge in [-0.25, -0.2) is 4.98 Å². The first-order chi connectivity index (χ1) is 9.78. The second-order valence-electron chi connectivity index (χ2n) is 5.78. The van der Waals surface area contributed by atoms with Crippen LogP contribution in [0.1, 0.15) is 37.5 Å². The molecule has 0 bridgehead atoms. The first kappa shape index (κ1) is 12.4. The highest BCUT2D eigenvalue weighted by Gasteiger charge is 2.29. The molecule has 2 aromatic rings. The highest BCUT2D eigenvalue weighted by atomic mass is 32.2. The lowest BCUT2D eigenvalue weighted by Gasteiger charge is -2.23. The molecule has 1 N–H and O–H groups in total. The Balaban J connectivity index is 1.52. The Kier molecular flexibility index (Phi) is 3.02. The van der Waals surface area contributed by atoms with Gasteiger partial charge >= 0.3 is 0 Å². The smallest absolute Gasteiger partial charge is 0.198 e. The summed E-state index contributed by atoms with van der Waals surface area (Å²) in [5.74, 6) is 3.07. The summed E-state index contributed by atoms with van der Waals surface area (Å²) in [5.41, 5.74) is 2.91. The van der Waals surface area contributed by atoms with E-state index in [4.69, 9.17) is 4.42 Å². The zero-order valence-electron chi connectivity index (χ0n) is 11.3. The van der Waals surface area contributed by atoms with Crippen LogP contribution in [0.25, 0.3) is 11.1 Å². The van der Waals surface area contributed by atoms with E-state index in [0.717, 1.165) is 47.0 Å². The second kappa shape index (κ2) is 4.88. The fourth-order valence-corrected chi connectivity index (χ4v) is 4.01. The third-order valence-corrected chi connectivity index (χ3v) is 5.47. The van der Waals surface area contributed by atoms with Gasteiger partial charge in [0.15, 0.2) is 11.5 Å². The Labute approximate surface area is 120 Å². The number of nitrogens with zero attached hydrogens (tertiary/aromatic N) is 1. The monoisotopic (exact) mass is 290 g/mol. The molecule has 1 aliphatic carbocycles. The van der Waals surface area contributed by atoms with Gasteiger partial charge in [-0.05, 0) is 43.9 Å². The summed E-state index contributed by atoms with van der Waals surface area (Å²) in [4.78, 5) is 4.59. The molecule has 5 heteroatoms. The molecule has 0 radical (unpaired) electrons. The maximum Gasteiger partial charge on any atom is 0.198 e. The average molecular weight is 290 g/mol. The van der Waals surface area contributed by atoms with E-state index in [1.165, 1.54) is 12.8 Å². The number of fused-ring (bicyclic) bond motifs is 1. The van der Waals surface area contributed by atoms with E-state index < -0.39 is 10.8 Å². The number of oxazole rings is 1. The molecule has 2 heterocycles. The van der Waals surface area contributed by atoms with E-state index in [9.17, 15) is 4.21 Å². The quantitative estimate of drug-likeness (QED) is 0.944. The van der Waals surface area contributed by atoms with Crippen molar-refractivity contribution < 1.29 is 8.63 Å². The number of anilines is 1. The number of hydrogen-bond acceptors (Lipinski definition) is 4. The van der Waals surface area contributed by atoms with E-state index in [2.05, 4.69) is 22.4 Å². The summed E-state index contributed by atoms with van der Waals surface area (Å²) >= 11 is 0. The second-order valence-corrected chi connectivity index (χ2v) is 7.47. The normalized spacial score (nSPS) is 26.8. The number of nitrogens with one attached hydrogen (secondary N) is 1. The van der Waals surface area contributed by atoms with Crippen molar-refractivity contribution in [2.75, 3.05) is 16.8 Å². The molecule has 1 aliphatic heterocycles. The maximum atomic E-state index is 11.4. The molecule has 0 amide bonds. The topological polar surface area (TPSA) is 55.1 Å². The molecule has 1 saturated heterocycles. The van der Waals surface area contributed by atoms with Crippen LogP contribution in [0.2, 0.25) is 0 Å². The molecule has 20 heavy (non-hydrogen) atoms. The molecular formula is C15H18N2O2S. The molecule has 2 aliphatic rings. The van der Waals surface area contributed by atoms with Crippen LogP contribution in [0, 0.1) is 0 Å². The van der Waals surface area contributed by atoms with E-state index in [0.29, 0.717) is 12.0 Å².